The van der Waals surface area contributed by atoms with Crippen molar-refractivity contribution in [3.8, 4) is 0 Å². The Bertz CT molecular complexity index is 1030. The van der Waals surface area contributed by atoms with Gasteiger partial charge in [-0.25, -0.2) is 4.79 Å². The van der Waals surface area contributed by atoms with Crippen molar-refractivity contribution in [2.75, 3.05) is 6.61 Å². The number of ether oxygens (including phenoxy) is 2. The van der Waals surface area contributed by atoms with Gasteiger partial charge in [0.1, 0.15) is 0 Å². The lowest BCUT2D eigenvalue weighted by Gasteiger charge is -2.31. The molecule has 3 heteroatoms. The zero-order valence-corrected chi connectivity index (χ0v) is 16.3. The van der Waals surface area contributed by atoms with E-state index in [9.17, 15) is 4.79 Å². The van der Waals surface area contributed by atoms with Crippen LogP contribution in [0, 0.1) is 0 Å². The molecular formula is C26H22O3. The Hall–Kier alpha value is -3.17. The summed E-state index contributed by atoms with van der Waals surface area (Å²) in [7, 11) is 0. The number of rotatable bonds is 3. The molecule has 1 fully saturated rings. The van der Waals surface area contributed by atoms with E-state index in [-0.39, 0.29) is 5.97 Å². The molecule has 0 aliphatic carbocycles. The summed E-state index contributed by atoms with van der Waals surface area (Å²) >= 11 is 0. The van der Waals surface area contributed by atoms with Crippen molar-refractivity contribution in [3.63, 3.8) is 0 Å². The first-order chi connectivity index (χ1) is 14.1. The average Bonchev–Trinajstić information content (AvgIpc) is 3.28. The van der Waals surface area contributed by atoms with Gasteiger partial charge in [0.2, 0.25) is 5.79 Å². The summed E-state index contributed by atoms with van der Waals surface area (Å²) in [6, 6.07) is 30.7. The molecular weight excluding hydrogens is 360 g/mol. The third-order valence-corrected chi connectivity index (χ3v) is 6.12. The van der Waals surface area contributed by atoms with Gasteiger partial charge < -0.3 is 9.47 Å². The van der Waals surface area contributed by atoms with E-state index in [1.807, 2.05) is 73.7 Å². The van der Waals surface area contributed by atoms with Gasteiger partial charge in [0.15, 0.2) is 0 Å². The molecule has 0 aromatic heterocycles. The molecule has 0 bridgehead atoms. The first-order valence-corrected chi connectivity index (χ1v) is 9.90. The van der Waals surface area contributed by atoms with Gasteiger partial charge in [-0.15, -0.1) is 0 Å². The van der Waals surface area contributed by atoms with Crippen LogP contribution in [0.25, 0.3) is 5.57 Å². The summed E-state index contributed by atoms with van der Waals surface area (Å²) in [5.41, 5.74) is 4.36. The molecule has 2 heterocycles. The summed E-state index contributed by atoms with van der Waals surface area (Å²) in [5, 5.41) is 0. The van der Waals surface area contributed by atoms with Crippen molar-refractivity contribution in [2.45, 2.75) is 24.5 Å². The molecule has 144 valence electrons. The van der Waals surface area contributed by atoms with Crippen molar-refractivity contribution in [1.82, 2.24) is 0 Å². The Balaban J connectivity index is 1.67. The Kier molecular flexibility index (Phi) is 4.14. The van der Waals surface area contributed by atoms with Crippen LogP contribution in [0.2, 0.25) is 0 Å². The van der Waals surface area contributed by atoms with Gasteiger partial charge >= 0.3 is 5.97 Å². The van der Waals surface area contributed by atoms with E-state index in [1.54, 1.807) is 0 Å². The lowest BCUT2D eigenvalue weighted by molar-refractivity contribution is -0.179. The highest BCUT2D eigenvalue weighted by atomic mass is 16.7. The van der Waals surface area contributed by atoms with Crippen molar-refractivity contribution in [2.24, 2.45) is 0 Å². The van der Waals surface area contributed by atoms with E-state index in [0.29, 0.717) is 18.6 Å². The maximum atomic E-state index is 12.6. The number of hydrogen-bond donors (Lipinski definition) is 0. The van der Waals surface area contributed by atoms with Crippen LogP contribution in [0.4, 0.5) is 0 Å². The summed E-state index contributed by atoms with van der Waals surface area (Å²) in [4.78, 5) is 12.6. The highest BCUT2D eigenvalue weighted by Gasteiger charge is 2.59. The van der Waals surface area contributed by atoms with Crippen LogP contribution in [0.15, 0.2) is 96.6 Å². The Morgan fingerprint density at radius 3 is 1.83 bits per heavy atom. The summed E-state index contributed by atoms with van der Waals surface area (Å²) in [5.74, 6) is -1.38. The van der Waals surface area contributed by atoms with Crippen molar-refractivity contribution in [1.29, 1.82) is 0 Å². The third kappa shape index (κ3) is 2.73. The van der Waals surface area contributed by atoms with Crippen molar-refractivity contribution < 1.29 is 14.3 Å². The van der Waals surface area contributed by atoms with E-state index in [2.05, 4.69) is 24.3 Å². The fourth-order valence-electron chi connectivity index (χ4n) is 4.72. The number of benzene rings is 3. The van der Waals surface area contributed by atoms with Gasteiger partial charge in [-0.1, -0.05) is 91.0 Å². The molecule has 29 heavy (non-hydrogen) atoms. The second-order valence-electron chi connectivity index (χ2n) is 7.79. The molecule has 0 amide bonds. The number of carbonyl (C=O) groups excluding carboxylic acids is 1. The van der Waals surface area contributed by atoms with Crippen LogP contribution in [-0.2, 0) is 19.7 Å². The number of carbonyl (C=O) groups is 1. The number of hydrogen-bond acceptors (Lipinski definition) is 3. The van der Waals surface area contributed by atoms with Crippen LogP contribution in [0.3, 0.4) is 0 Å². The highest BCUT2D eigenvalue weighted by molar-refractivity contribution is 6.03. The minimum atomic E-state index is -1.08. The van der Waals surface area contributed by atoms with Gasteiger partial charge in [0, 0.05) is 17.6 Å². The first kappa shape index (κ1) is 17.9. The molecule has 0 N–H and O–H groups in total. The molecule has 5 rings (SSSR count). The fourth-order valence-corrected chi connectivity index (χ4v) is 4.72. The van der Waals surface area contributed by atoms with Crippen LogP contribution < -0.4 is 0 Å². The normalized spacial score (nSPS) is 22.9. The second-order valence-corrected chi connectivity index (χ2v) is 7.79. The maximum absolute atomic E-state index is 12.6. The van der Waals surface area contributed by atoms with Crippen molar-refractivity contribution in [3.05, 3.63) is 113 Å². The quantitative estimate of drug-likeness (QED) is 0.590. The van der Waals surface area contributed by atoms with E-state index < -0.39 is 11.2 Å². The SMILES string of the molecule is CC1=C(c2ccccc2)C2(CC(c3ccccc3)(c3ccccc3)CO2)OC1=O. The molecule has 1 spiro atoms. The Labute approximate surface area is 170 Å². The zero-order valence-electron chi connectivity index (χ0n) is 16.3. The van der Waals surface area contributed by atoms with E-state index in [0.717, 1.165) is 22.3 Å². The molecule has 3 nitrogen and oxygen atoms in total. The van der Waals surface area contributed by atoms with Crippen LogP contribution >= 0.6 is 0 Å². The predicted molar refractivity (Wildman–Crippen MR) is 112 cm³/mol. The minimum Gasteiger partial charge on any atom is -0.425 e. The van der Waals surface area contributed by atoms with Crippen molar-refractivity contribution >= 4 is 11.5 Å². The van der Waals surface area contributed by atoms with E-state index in [1.165, 1.54) is 0 Å². The predicted octanol–water partition coefficient (Wildman–Crippen LogP) is 5.12. The standard InChI is InChI=1S/C26H22O3/c1-19-23(20-11-5-2-6-12-20)26(29-24(19)27)17-25(18-28-26,21-13-7-3-8-14-21)22-15-9-4-10-16-22/h2-16H,17-18H2,1H3. The fraction of sp³-hybridized carbons (Fsp3) is 0.192. The lowest BCUT2D eigenvalue weighted by Crippen LogP contribution is -2.34. The van der Waals surface area contributed by atoms with Crippen LogP contribution in [0.1, 0.15) is 30.0 Å². The molecule has 0 radical (unpaired) electrons. The highest BCUT2D eigenvalue weighted by Crippen LogP contribution is 2.55. The van der Waals surface area contributed by atoms with E-state index >= 15 is 0 Å². The Morgan fingerprint density at radius 1 is 0.759 bits per heavy atom. The van der Waals surface area contributed by atoms with Gasteiger partial charge in [-0.2, -0.15) is 0 Å². The summed E-state index contributed by atoms with van der Waals surface area (Å²) in [6.07, 6.45) is 0.543. The largest absolute Gasteiger partial charge is 0.425 e. The molecule has 3 aromatic carbocycles. The molecule has 2 aliphatic rings. The molecule has 1 atom stereocenters. The molecule has 3 aromatic rings. The Morgan fingerprint density at radius 2 is 1.28 bits per heavy atom. The molecule has 2 aliphatic heterocycles. The van der Waals surface area contributed by atoms with Gasteiger partial charge in [0.25, 0.3) is 0 Å². The van der Waals surface area contributed by atoms with Gasteiger partial charge in [-0.3, -0.25) is 0 Å². The van der Waals surface area contributed by atoms with E-state index in [4.69, 9.17) is 9.47 Å². The molecule has 1 unspecified atom stereocenters. The third-order valence-electron chi connectivity index (χ3n) is 6.12. The summed E-state index contributed by atoms with van der Waals surface area (Å²) < 4.78 is 12.4. The maximum Gasteiger partial charge on any atom is 0.337 e. The zero-order chi connectivity index (χ0) is 19.9. The minimum absolute atomic E-state index is 0.305. The number of esters is 1. The van der Waals surface area contributed by atoms with Gasteiger partial charge in [0.05, 0.1) is 12.0 Å². The monoisotopic (exact) mass is 382 g/mol. The molecule has 1 saturated heterocycles. The van der Waals surface area contributed by atoms with Gasteiger partial charge in [-0.05, 0) is 23.6 Å². The summed E-state index contributed by atoms with van der Waals surface area (Å²) in [6.45, 7) is 2.27. The first-order valence-electron chi connectivity index (χ1n) is 9.90. The second kappa shape index (κ2) is 6.71. The topological polar surface area (TPSA) is 35.5 Å². The van der Waals surface area contributed by atoms with Crippen LogP contribution in [-0.4, -0.2) is 18.4 Å². The molecule has 0 saturated carbocycles. The average molecular weight is 382 g/mol. The van der Waals surface area contributed by atoms with Crippen LogP contribution in [0.5, 0.6) is 0 Å². The lowest BCUT2D eigenvalue weighted by atomic mass is 9.71. The smallest absolute Gasteiger partial charge is 0.337 e.